The maximum Gasteiger partial charge on any atom is 0.256 e. The monoisotopic (exact) mass is 438 g/mol. The van der Waals surface area contributed by atoms with Crippen molar-refractivity contribution in [2.75, 3.05) is 5.32 Å². The van der Waals surface area contributed by atoms with Crippen molar-refractivity contribution < 1.29 is 4.79 Å². The fourth-order valence-electron chi connectivity index (χ4n) is 3.35. The summed E-state index contributed by atoms with van der Waals surface area (Å²) >= 11 is 3.48. The molecule has 0 fully saturated rings. The zero-order valence-corrected chi connectivity index (χ0v) is 18.1. The molecule has 0 saturated carbocycles. The molecule has 1 N–H and O–H groups in total. The Balaban J connectivity index is 1.47. The van der Waals surface area contributed by atoms with Gasteiger partial charge in [0.1, 0.15) is 0 Å². The number of carbonyl (C=O) groups excluding carboxylic acids is 1. The lowest BCUT2D eigenvalue weighted by Gasteiger charge is -2.09. The van der Waals surface area contributed by atoms with Crippen molar-refractivity contribution in [2.45, 2.75) is 0 Å². The van der Waals surface area contributed by atoms with Crippen LogP contribution in [0.3, 0.4) is 0 Å². The molecule has 0 bridgehead atoms. The van der Waals surface area contributed by atoms with Gasteiger partial charge in [0, 0.05) is 25.7 Å². The number of nitrogens with zero attached hydrogens (tertiary/aromatic N) is 1. The first kappa shape index (κ1) is 19.4. The molecule has 3 heterocycles. The fraction of sp³-hybridized carbons (Fsp3) is 0. The van der Waals surface area contributed by atoms with Crippen molar-refractivity contribution in [3.8, 4) is 9.75 Å². The van der Waals surface area contributed by atoms with Crippen LogP contribution in [0.15, 0.2) is 90.3 Å². The molecule has 5 aromatic rings. The molecule has 3 aromatic heterocycles. The van der Waals surface area contributed by atoms with Gasteiger partial charge in [-0.25, -0.2) is 4.98 Å². The van der Waals surface area contributed by atoms with E-state index in [1.54, 1.807) is 22.7 Å². The van der Waals surface area contributed by atoms with E-state index in [4.69, 9.17) is 4.98 Å². The SMILES string of the molecule is O=C(Nc1ccccc1)c1cc(/C=C/c2ccc(-c3cccs3)s2)nc2ccccc12. The van der Waals surface area contributed by atoms with E-state index in [9.17, 15) is 4.79 Å². The molecule has 0 aliphatic rings. The van der Waals surface area contributed by atoms with Gasteiger partial charge in [0.15, 0.2) is 0 Å². The van der Waals surface area contributed by atoms with E-state index < -0.39 is 0 Å². The first-order chi connectivity index (χ1) is 15.3. The molecule has 5 heteroatoms. The van der Waals surface area contributed by atoms with Gasteiger partial charge in [-0.15, -0.1) is 22.7 Å². The minimum atomic E-state index is -0.143. The van der Waals surface area contributed by atoms with Crippen LogP contribution in [-0.4, -0.2) is 10.9 Å². The van der Waals surface area contributed by atoms with Gasteiger partial charge in [0.2, 0.25) is 0 Å². The van der Waals surface area contributed by atoms with E-state index in [1.807, 2.05) is 66.7 Å². The molecular formula is C26H18N2OS2. The average molecular weight is 439 g/mol. The Kier molecular flexibility index (Phi) is 5.44. The summed E-state index contributed by atoms with van der Waals surface area (Å²) in [7, 11) is 0. The molecule has 0 unspecified atom stereocenters. The fourth-order valence-corrected chi connectivity index (χ4v) is 5.10. The Morgan fingerprint density at radius 1 is 0.839 bits per heavy atom. The topological polar surface area (TPSA) is 42.0 Å². The third-order valence-electron chi connectivity index (χ3n) is 4.82. The zero-order chi connectivity index (χ0) is 21.0. The number of amides is 1. The van der Waals surface area contributed by atoms with Gasteiger partial charge >= 0.3 is 0 Å². The third kappa shape index (κ3) is 4.33. The largest absolute Gasteiger partial charge is 0.322 e. The number of benzene rings is 2. The molecule has 0 saturated heterocycles. The standard InChI is InChI=1S/C26H18N2OS2/c29-26(28-18-7-2-1-3-8-18)22-17-19(27-23-10-5-4-9-21(22)23)12-13-20-14-15-25(31-20)24-11-6-16-30-24/h1-17H,(H,28,29)/b13-12+. The quantitative estimate of drug-likeness (QED) is 0.310. The van der Waals surface area contributed by atoms with Crippen LogP contribution >= 0.6 is 22.7 Å². The van der Waals surface area contributed by atoms with Crippen molar-refractivity contribution in [3.05, 3.63) is 106 Å². The summed E-state index contributed by atoms with van der Waals surface area (Å²) in [5, 5.41) is 5.91. The van der Waals surface area contributed by atoms with Crippen molar-refractivity contribution in [1.29, 1.82) is 0 Å². The predicted molar refractivity (Wildman–Crippen MR) is 133 cm³/mol. The summed E-state index contributed by atoms with van der Waals surface area (Å²) < 4.78 is 0. The summed E-state index contributed by atoms with van der Waals surface area (Å²) in [5.74, 6) is -0.143. The van der Waals surface area contributed by atoms with E-state index in [0.717, 1.165) is 27.2 Å². The van der Waals surface area contributed by atoms with Crippen LogP contribution in [0.2, 0.25) is 0 Å². The van der Waals surface area contributed by atoms with Gasteiger partial charge in [-0.2, -0.15) is 0 Å². The van der Waals surface area contributed by atoms with E-state index in [-0.39, 0.29) is 5.91 Å². The molecule has 3 nitrogen and oxygen atoms in total. The second-order valence-electron chi connectivity index (χ2n) is 6.94. The molecular weight excluding hydrogens is 420 g/mol. The first-order valence-electron chi connectivity index (χ1n) is 9.84. The van der Waals surface area contributed by atoms with Crippen molar-refractivity contribution in [3.63, 3.8) is 0 Å². The molecule has 150 valence electrons. The number of hydrogen-bond acceptors (Lipinski definition) is 4. The number of pyridine rings is 1. The minimum Gasteiger partial charge on any atom is -0.322 e. The van der Waals surface area contributed by atoms with Gasteiger partial charge in [-0.05, 0) is 60.0 Å². The van der Waals surface area contributed by atoms with E-state index in [0.29, 0.717) is 5.56 Å². The van der Waals surface area contributed by atoms with Crippen molar-refractivity contribution in [2.24, 2.45) is 0 Å². The van der Waals surface area contributed by atoms with Crippen LogP contribution in [-0.2, 0) is 0 Å². The van der Waals surface area contributed by atoms with Crippen molar-refractivity contribution in [1.82, 2.24) is 4.98 Å². The Labute approximate surface area is 188 Å². The highest BCUT2D eigenvalue weighted by molar-refractivity contribution is 7.21. The number of thiophene rings is 2. The highest BCUT2D eigenvalue weighted by Gasteiger charge is 2.12. The molecule has 0 aliphatic carbocycles. The predicted octanol–water partition coefficient (Wildman–Crippen LogP) is 7.45. The number of fused-ring (bicyclic) bond motifs is 1. The van der Waals surface area contributed by atoms with Crippen LogP contribution in [0.5, 0.6) is 0 Å². The lowest BCUT2D eigenvalue weighted by Crippen LogP contribution is -2.13. The number of carbonyl (C=O) groups is 1. The van der Waals surface area contributed by atoms with E-state index in [1.165, 1.54) is 9.75 Å². The number of aromatic nitrogens is 1. The lowest BCUT2D eigenvalue weighted by molar-refractivity contribution is 0.102. The Morgan fingerprint density at radius 3 is 2.52 bits per heavy atom. The van der Waals surface area contributed by atoms with Gasteiger partial charge in [-0.1, -0.05) is 42.5 Å². The molecule has 2 aromatic carbocycles. The first-order valence-corrected chi connectivity index (χ1v) is 11.5. The van der Waals surface area contributed by atoms with Gasteiger partial charge < -0.3 is 5.32 Å². The zero-order valence-electron chi connectivity index (χ0n) is 16.5. The smallest absolute Gasteiger partial charge is 0.256 e. The highest BCUT2D eigenvalue weighted by Crippen LogP contribution is 2.32. The second kappa shape index (κ2) is 8.68. The highest BCUT2D eigenvalue weighted by atomic mass is 32.1. The Morgan fingerprint density at radius 2 is 1.68 bits per heavy atom. The number of hydrogen-bond donors (Lipinski definition) is 1. The molecule has 0 spiro atoms. The Hall–Kier alpha value is -3.54. The summed E-state index contributed by atoms with van der Waals surface area (Å²) in [6, 6.07) is 27.5. The van der Waals surface area contributed by atoms with Gasteiger partial charge in [0.05, 0.1) is 16.8 Å². The van der Waals surface area contributed by atoms with Crippen LogP contribution in [0, 0.1) is 0 Å². The summed E-state index contributed by atoms with van der Waals surface area (Å²) in [6.45, 7) is 0. The van der Waals surface area contributed by atoms with E-state index in [2.05, 4.69) is 41.0 Å². The second-order valence-corrected chi connectivity index (χ2v) is 9.01. The maximum absolute atomic E-state index is 13.0. The molecule has 0 radical (unpaired) electrons. The molecule has 0 aliphatic heterocycles. The molecule has 1 amide bonds. The van der Waals surface area contributed by atoms with Crippen LogP contribution in [0.25, 0.3) is 32.8 Å². The molecule has 5 rings (SSSR count). The summed E-state index contributed by atoms with van der Waals surface area (Å²) in [6.07, 6.45) is 4.02. The molecule has 31 heavy (non-hydrogen) atoms. The van der Waals surface area contributed by atoms with Crippen LogP contribution in [0.4, 0.5) is 5.69 Å². The molecule has 0 atom stereocenters. The van der Waals surface area contributed by atoms with Crippen LogP contribution < -0.4 is 5.32 Å². The van der Waals surface area contributed by atoms with Gasteiger partial charge in [-0.3, -0.25) is 4.79 Å². The third-order valence-corrected chi connectivity index (χ3v) is 6.94. The lowest BCUT2D eigenvalue weighted by atomic mass is 10.1. The van der Waals surface area contributed by atoms with Gasteiger partial charge in [0.25, 0.3) is 5.91 Å². The maximum atomic E-state index is 13.0. The van der Waals surface area contributed by atoms with Crippen LogP contribution in [0.1, 0.15) is 20.9 Å². The normalized spacial score (nSPS) is 11.2. The van der Waals surface area contributed by atoms with E-state index >= 15 is 0 Å². The Bertz CT molecular complexity index is 1370. The number of rotatable bonds is 5. The number of nitrogens with one attached hydrogen (secondary N) is 1. The number of anilines is 1. The summed E-state index contributed by atoms with van der Waals surface area (Å²) in [5.41, 5.74) is 2.93. The minimum absolute atomic E-state index is 0.143. The van der Waals surface area contributed by atoms with Crippen molar-refractivity contribution >= 4 is 57.3 Å². The number of para-hydroxylation sites is 2. The average Bonchev–Trinajstić information content (AvgIpc) is 3.50. The summed E-state index contributed by atoms with van der Waals surface area (Å²) in [4.78, 5) is 21.4.